The summed E-state index contributed by atoms with van der Waals surface area (Å²) >= 11 is 5.92. The number of piperidine rings is 1. The van der Waals surface area contributed by atoms with Gasteiger partial charge in [-0.25, -0.2) is 4.79 Å². The van der Waals surface area contributed by atoms with Crippen LogP contribution < -0.4 is 10.6 Å². The van der Waals surface area contributed by atoms with E-state index in [9.17, 15) is 14.7 Å². The normalized spacial score (nSPS) is 18.9. The van der Waals surface area contributed by atoms with Crippen molar-refractivity contribution >= 4 is 29.2 Å². The lowest BCUT2D eigenvalue weighted by Gasteiger charge is -2.42. The maximum Gasteiger partial charge on any atom is 0.320 e. The maximum atomic E-state index is 13.5. The Morgan fingerprint density at radius 3 is 2.18 bits per heavy atom. The van der Waals surface area contributed by atoms with Crippen molar-refractivity contribution < 1.29 is 14.7 Å². The molecule has 9 heteroatoms. The molecule has 0 radical (unpaired) electrons. The second-order valence-corrected chi connectivity index (χ2v) is 9.46. The zero-order valence-corrected chi connectivity index (χ0v) is 20.2. The van der Waals surface area contributed by atoms with E-state index in [-0.39, 0.29) is 11.7 Å². The van der Waals surface area contributed by atoms with Crippen LogP contribution in [-0.2, 0) is 4.79 Å². The number of phenols is 1. The van der Waals surface area contributed by atoms with Crippen molar-refractivity contribution in [2.24, 2.45) is 0 Å². The number of likely N-dealkylation sites (tertiary alicyclic amines) is 1. The van der Waals surface area contributed by atoms with Crippen LogP contribution in [0.2, 0.25) is 5.02 Å². The molecule has 8 nitrogen and oxygen atoms in total. The molecule has 182 valence electrons. The van der Waals surface area contributed by atoms with Gasteiger partial charge in [0, 0.05) is 56.0 Å². The number of nitrogens with zero attached hydrogens (tertiary/aromatic N) is 3. The lowest BCUT2D eigenvalue weighted by atomic mass is 9.99. The van der Waals surface area contributed by atoms with Crippen molar-refractivity contribution in [2.45, 2.75) is 24.9 Å². The van der Waals surface area contributed by atoms with Crippen LogP contribution >= 0.6 is 11.6 Å². The second kappa shape index (κ2) is 11.1. The maximum absolute atomic E-state index is 13.5. The van der Waals surface area contributed by atoms with Gasteiger partial charge >= 0.3 is 6.03 Å². The summed E-state index contributed by atoms with van der Waals surface area (Å²) in [7, 11) is 2.15. The van der Waals surface area contributed by atoms with E-state index in [0.717, 1.165) is 39.0 Å². The number of benzene rings is 2. The third kappa shape index (κ3) is 6.20. The fourth-order valence-electron chi connectivity index (χ4n) is 4.61. The fourth-order valence-corrected chi connectivity index (χ4v) is 4.73. The molecule has 2 saturated heterocycles. The number of phenolic OH excluding ortho intramolecular Hbond substituents is 1. The largest absolute Gasteiger partial charge is 0.508 e. The minimum Gasteiger partial charge on any atom is -0.508 e. The summed E-state index contributed by atoms with van der Waals surface area (Å²) in [4.78, 5) is 33.0. The van der Waals surface area contributed by atoms with E-state index < -0.39 is 12.1 Å². The van der Waals surface area contributed by atoms with Crippen molar-refractivity contribution in [3.05, 3.63) is 59.1 Å². The molecule has 3 amide bonds. The van der Waals surface area contributed by atoms with Gasteiger partial charge in [-0.05, 0) is 61.9 Å². The quantitative estimate of drug-likeness (QED) is 0.605. The van der Waals surface area contributed by atoms with Gasteiger partial charge in [-0.2, -0.15) is 0 Å². The predicted octanol–water partition coefficient (Wildman–Crippen LogP) is 3.15. The van der Waals surface area contributed by atoms with Crippen molar-refractivity contribution in [2.75, 3.05) is 51.6 Å². The first-order chi connectivity index (χ1) is 16.4. The van der Waals surface area contributed by atoms with Crippen LogP contribution in [0.3, 0.4) is 0 Å². The molecule has 0 bridgehead atoms. The Morgan fingerprint density at radius 1 is 0.941 bits per heavy atom. The zero-order valence-electron chi connectivity index (χ0n) is 19.4. The van der Waals surface area contributed by atoms with E-state index in [1.54, 1.807) is 36.4 Å². The SMILES string of the molecule is CN1CCN(C2CCN(C(=O)[C@H](NC(=O)Nc3ccc(Cl)cc3)c3ccc(O)cc3)CC2)CC1. The molecule has 2 aromatic carbocycles. The number of carbonyl (C=O) groups is 2. The molecule has 0 aromatic heterocycles. The summed E-state index contributed by atoms with van der Waals surface area (Å²) in [6.45, 7) is 5.61. The first kappa shape index (κ1) is 24.3. The highest BCUT2D eigenvalue weighted by molar-refractivity contribution is 6.30. The molecule has 0 aliphatic carbocycles. The van der Waals surface area contributed by atoms with Crippen LogP contribution in [0.15, 0.2) is 48.5 Å². The smallest absolute Gasteiger partial charge is 0.320 e. The highest BCUT2D eigenvalue weighted by atomic mass is 35.5. The first-order valence-electron chi connectivity index (χ1n) is 11.7. The number of amides is 3. The molecule has 2 heterocycles. The monoisotopic (exact) mass is 485 g/mol. The molecule has 34 heavy (non-hydrogen) atoms. The van der Waals surface area contributed by atoms with Gasteiger partial charge in [-0.1, -0.05) is 23.7 Å². The number of carbonyl (C=O) groups excluding carboxylic acids is 2. The fraction of sp³-hybridized carbons (Fsp3) is 0.440. The minimum atomic E-state index is -0.854. The van der Waals surface area contributed by atoms with Crippen molar-refractivity contribution in [3.8, 4) is 5.75 Å². The summed E-state index contributed by atoms with van der Waals surface area (Å²) in [6.07, 6.45) is 1.85. The molecular weight excluding hydrogens is 454 g/mol. The Hall–Kier alpha value is -2.81. The van der Waals surface area contributed by atoms with Crippen molar-refractivity contribution in [3.63, 3.8) is 0 Å². The van der Waals surface area contributed by atoms with Crippen molar-refractivity contribution in [1.29, 1.82) is 0 Å². The molecule has 3 N–H and O–H groups in total. The number of anilines is 1. The summed E-state index contributed by atoms with van der Waals surface area (Å²) in [5, 5.41) is 15.8. The Morgan fingerprint density at radius 2 is 1.56 bits per heavy atom. The number of likely N-dealkylation sites (N-methyl/N-ethyl adjacent to an activating group) is 1. The van der Waals surface area contributed by atoms with Gasteiger partial charge in [-0.3, -0.25) is 9.69 Å². The average Bonchev–Trinajstić information content (AvgIpc) is 2.85. The third-order valence-electron chi connectivity index (χ3n) is 6.68. The Balaban J connectivity index is 1.41. The van der Waals surface area contributed by atoms with Gasteiger partial charge in [0.2, 0.25) is 5.91 Å². The Kier molecular flexibility index (Phi) is 7.92. The Labute approximate surface area is 205 Å². The highest BCUT2D eigenvalue weighted by Crippen LogP contribution is 2.24. The molecule has 2 aliphatic rings. The molecule has 4 rings (SSSR count). The molecule has 0 saturated carbocycles. The average molecular weight is 486 g/mol. The number of hydrogen-bond acceptors (Lipinski definition) is 5. The Bertz CT molecular complexity index is 969. The van der Waals surface area contributed by atoms with Gasteiger partial charge in [0.1, 0.15) is 11.8 Å². The number of hydrogen-bond donors (Lipinski definition) is 3. The van der Waals surface area contributed by atoms with Crippen molar-refractivity contribution in [1.82, 2.24) is 20.0 Å². The summed E-state index contributed by atoms with van der Waals surface area (Å²) in [6, 6.07) is 12.3. The third-order valence-corrected chi connectivity index (χ3v) is 6.93. The number of piperazine rings is 1. The lowest BCUT2D eigenvalue weighted by molar-refractivity contribution is -0.135. The lowest BCUT2D eigenvalue weighted by Crippen LogP contribution is -2.54. The molecule has 0 spiro atoms. The first-order valence-corrected chi connectivity index (χ1v) is 12.1. The van der Waals surface area contributed by atoms with E-state index >= 15 is 0 Å². The van der Waals surface area contributed by atoms with Gasteiger partial charge in [0.05, 0.1) is 0 Å². The second-order valence-electron chi connectivity index (χ2n) is 9.03. The van der Waals surface area contributed by atoms with E-state index in [0.29, 0.717) is 35.4 Å². The number of nitrogens with one attached hydrogen (secondary N) is 2. The van der Waals surface area contributed by atoms with E-state index in [2.05, 4.69) is 27.5 Å². The van der Waals surface area contributed by atoms with Crippen LogP contribution in [0.1, 0.15) is 24.4 Å². The number of aromatic hydroxyl groups is 1. The van der Waals surface area contributed by atoms with E-state index in [1.807, 2.05) is 4.90 Å². The highest BCUT2D eigenvalue weighted by Gasteiger charge is 2.32. The molecule has 0 unspecified atom stereocenters. The molecule has 2 aromatic rings. The van der Waals surface area contributed by atoms with Crippen LogP contribution in [0.4, 0.5) is 10.5 Å². The van der Waals surface area contributed by atoms with Gasteiger partial charge in [0.25, 0.3) is 0 Å². The van der Waals surface area contributed by atoms with Crippen LogP contribution in [0, 0.1) is 0 Å². The topological polar surface area (TPSA) is 88.2 Å². The molecule has 2 fully saturated rings. The van der Waals surface area contributed by atoms with Crippen LogP contribution in [0.5, 0.6) is 5.75 Å². The van der Waals surface area contributed by atoms with Crippen LogP contribution in [0.25, 0.3) is 0 Å². The van der Waals surface area contributed by atoms with Crippen LogP contribution in [-0.4, -0.2) is 84.1 Å². The minimum absolute atomic E-state index is 0.105. The van der Waals surface area contributed by atoms with Gasteiger partial charge in [0.15, 0.2) is 0 Å². The summed E-state index contributed by atoms with van der Waals surface area (Å²) in [5.74, 6) is -0.0395. The summed E-state index contributed by atoms with van der Waals surface area (Å²) < 4.78 is 0. The molecule has 1 atom stereocenters. The predicted molar refractivity (Wildman–Crippen MR) is 133 cm³/mol. The zero-order chi connectivity index (χ0) is 24.1. The standard InChI is InChI=1S/C25H32ClN5O3/c1-29-14-16-30(17-15-29)21-10-12-31(13-11-21)24(33)23(18-2-8-22(32)9-3-18)28-25(34)27-20-6-4-19(26)5-7-20/h2-9,21,23,32H,10-17H2,1H3,(H2,27,28,34)/t23-/m1/s1. The van der Waals surface area contributed by atoms with E-state index in [4.69, 9.17) is 11.6 Å². The van der Waals surface area contributed by atoms with E-state index in [1.165, 1.54) is 12.1 Å². The number of halogens is 1. The number of urea groups is 1. The number of rotatable bonds is 5. The molecular formula is C25H32ClN5O3. The molecule has 2 aliphatic heterocycles. The van der Waals surface area contributed by atoms with Gasteiger partial charge in [-0.15, -0.1) is 0 Å². The van der Waals surface area contributed by atoms with Gasteiger partial charge < -0.3 is 25.5 Å². The summed E-state index contributed by atoms with van der Waals surface area (Å²) in [5.41, 5.74) is 1.20.